The number of carbonyl (C=O) groups is 1. The molecule has 0 bridgehead atoms. The highest BCUT2D eigenvalue weighted by Crippen LogP contribution is 2.21. The highest BCUT2D eigenvalue weighted by Gasteiger charge is 2.21. The third-order valence-electron chi connectivity index (χ3n) is 4.45. The van der Waals surface area contributed by atoms with Crippen LogP contribution in [0.3, 0.4) is 0 Å². The summed E-state index contributed by atoms with van der Waals surface area (Å²) in [5.41, 5.74) is 5.53. The molecule has 154 valence electrons. The molecule has 0 aliphatic rings. The van der Waals surface area contributed by atoms with Crippen LogP contribution in [0.2, 0.25) is 0 Å². The number of H-pyrrole nitrogens is 1. The van der Waals surface area contributed by atoms with E-state index in [1.165, 1.54) is 23.0 Å². The summed E-state index contributed by atoms with van der Waals surface area (Å²) in [4.78, 5) is 40.3. The largest absolute Gasteiger partial charge is 0.421 e. The Labute approximate surface area is 170 Å². The van der Waals surface area contributed by atoms with Crippen LogP contribution in [0.25, 0.3) is 11.5 Å². The fourth-order valence-corrected chi connectivity index (χ4v) is 3.43. The minimum atomic E-state index is -0.700. The summed E-state index contributed by atoms with van der Waals surface area (Å²) in [7, 11) is 1.45. The van der Waals surface area contributed by atoms with Gasteiger partial charge in [0.1, 0.15) is 5.82 Å². The maximum absolute atomic E-state index is 12.6. The number of nitrogens with one attached hydrogen (secondary N) is 1. The number of aromatic nitrogens is 4. The van der Waals surface area contributed by atoms with E-state index in [0.717, 1.165) is 23.3 Å². The SMILES string of the molecule is CCCCn1c(N)c(N(C)C(=O)CCc2nnc(-c3ccsc3)o2)c(=O)[nH]c1=O. The van der Waals surface area contributed by atoms with Gasteiger partial charge in [0, 0.05) is 37.4 Å². The summed E-state index contributed by atoms with van der Waals surface area (Å²) in [6.07, 6.45) is 1.83. The minimum absolute atomic E-state index is 0.0272. The predicted molar refractivity (Wildman–Crippen MR) is 110 cm³/mol. The average molecular weight is 418 g/mol. The van der Waals surface area contributed by atoms with Gasteiger partial charge in [-0.25, -0.2) is 4.79 Å². The number of carbonyl (C=O) groups excluding carboxylic acids is 1. The van der Waals surface area contributed by atoms with Gasteiger partial charge in [-0.1, -0.05) is 13.3 Å². The van der Waals surface area contributed by atoms with Crippen LogP contribution >= 0.6 is 11.3 Å². The average Bonchev–Trinajstić information content (AvgIpc) is 3.37. The number of nitrogens with zero attached hydrogens (tertiary/aromatic N) is 4. The lowest BCUT2D eigenvalue weighted by Crippen LogP contribution is -2.39. The number of nitrogens with two attached hydrogens (primary N) is 1. The maximum Gasteiger partial charge on any atom is 0.330 e. The molecule has 0 saturated carbocycles. The smallest absolute Gasteiger partial charge is 0.330 e. The van der Waals surface area contributed by atoms with Crippen molar-refractivity contribution in [3.05, 3.63) is 43.6 Å². The van der Waals surface area contributed by atoms with Crippen LogP contribution < -0.4 is 21.9 Å². The number of hydrogen-bond acceptors (Lipinski definition) is 8. The van der Waals surface area contributed by atoms with Crippen molar-refractivity contribution in [1.29, 1.82) is 0 Å². The van der Waals surface area contributed by atoms with E-state index in [0.29, 0.717) is 18.3 Å². The molecule has 0 aliphatic heterocycles. The Balaban J connectivity index is 1.73. The molecular formula is C18H22N6O4S. The van der Waals surface area contributed by atoms with E-state index in [1.54, 1.807) is 0 Å². The Bertz CT molecular complexity index is 1100. The number of anilines is 2. The van der Waals surface area contributed by atoms with Crippen LogP contribution in [0, 0.1) is 0 Å². The number of thiophene rings is 1. The third-order valence-corrected chi connectivity index (χ3v) is 5.13. The van der Waals surface area contributed by atoms with Gasteiger partial charge in [-0.3, -0.25) is 19.1 Å². The maximum atomic E-state index is 12.6. The summed E-state index contributed by atoms with van der Waals surface area (Å²) in [6, 6.07) is 1.86. The van der Waals surface area contributed by atoms with Crippen molar-refractivity contribution >= 4 is 28.7 Å². The lowest BCUT2D eigenvalue weighted by atomic mass is 10.2. The van der Waals surface area contributed by atoms with Gasteiger partial charge >= 0.3 is 5.69 Å². The first-order valence-corrected chi connectivity index (χ1v) is 10.1. The molecular weight excluding hydrogens is 396 g/mol. The molecule has 3 aromatic heterocycles. The van der Waals surface area contributed by atoms with E-state index in [-0.39, 0.29) is 30.3 Å². The van der Waals surface area contributed by atoms with Crippen LogP contribution in [0.5, 0.6) is 0 Å². The number of rotatable bonds is 8. The topological polar surface area (TPSA) is 140 Å². The number of nitrogen functional groups attached to an aromatic ring is 1. The zero-order chi connectivity index (χ0) is 21.0. The number of amides is 1. The quantitative estimate of drug-likeness (QED) is 0.566. The van der Waals surface area contributed by atoms with Crippen molar-refractivity contribution in [2.45, 2.75) is 39.2 Å². The van der Waals surface area contributed by atoms with Gasteiger partial charge < -0.3 is 15.1 Å². The van der Waals surface area contributed by atoms with Crippen LogP contribution in [-0.4, -0.2) is 32.7 Å². The molecule has 0 atom stereocenters. The third kappa shape index (κ3) is 4.45. The van der Waals surface area contributed by atoms with E-state index in [2.05, 4.69) is 15.2 Å². The van der Waals surface area contributed by atoms with Gasteiger partial charge in [0.15, 0.2) is 5.69 Å². The van der Waals surface area contributed by atoms with Gasteiger partial charge in [-0.2, -0.15) is 11.3 Å². The van der Waals surface area contributed by atoms with Crippen LogP contribution in [0.1, 0.15) is 32.1 Å². The van der Waals surface area contributed by atoms with E-state index in [4.69, 9.17) is 10.2 Å². The molecule has 1 amide bonds. The first kappa shape index (κ1) is 20.5. The van der Waals surface area contributed by atoms with E-state index >= 15 is 0 Å². The molecule has 0 spiro atoms. The summed E-state index contributed by atoms with van der Waals surface area (Å²) in [5, 5.41) is 11.7. The molecule has 3 N–H and O–H groups in total. The molecule has 0 fully saturated rings. The Morgan fingerprint density at radius 1 is 1.38 bits per heavy atom. The fourth-order valence-electron chi connectivity index (χ4n) is 2.80. The Hall–Kier alpha value is -3.21. The summed E-state index contributed by atoms with van der Waals surface area (Å²) in [6.45, 7) is 2.34. The lowest BCUT2D eigenvalue weighted by Gasteiger charge is -2.20. The van der Waals surface area contributed by atoms with Gasteiger partial charge in [0.05, 0.1) is 0 Å². The van der Waals surface area contributed by atoms with Crippen molar-refractivity contribution < 1.29 is 9.21 Å². The van der Waals surface area contributed by atoms with Crippen LogP contribution in [0.4, 0.5) is 11.5 Å². The second-order valence-electron chi connectivity index (χ2n) is 6.46. The Morgan fingerprint density at radius 3 is 2.86 bits per heavy atom. The van der Waals surface area contributed by atoms with Crippen LogP contribution in [0.15, 0.2) is 30.8 Å². The first-order chi connectivity index (χ1) is 13.9. The molecule has 0 aromatic carbocycles. The number of aryl methyl sites for hydroxylation is 1. The Kier molecular flexibility index (Phi) is 6.27. The zero-order valence-electron chi connectivity index (χ0n) is 16.2. The molecule has 0 radical (unpaired) electrons. The second-order valence-corrected chi connectivity index (χ2v) is 7.24. The zero-order valence-corrected chi connectivity index (χ0v) is 17.0. The molecule has 0 aliphatic carbocycles. The lowest BCUT2D eigenvalue weighted by molar-refractivity contribution is -0.118. The fraction of sp³-hybridized carbons (Fsp3) is 0.389. The van der Waals surface area contributed by atoms with Gasteiger partial charge in [-0.15, -0.1) is 10.2 Å². The van der Waals surface area contributed by atoms with Gasteiger partial charge in [0.25, 0.3) is 5.56 Å². The predicted octanol–water partition coefficient (Wildman–Crippen LogP) is 1.63. The monoisotopic (exact) mass is 418 g/mol. The minimum Gasteiger partial charge on any atom is -0.421 e. The standard InChI is InChI=1S/C18H22N6O4S/c1-3-4-8-24-15(19)14(16(26)20-18(24)27)23(2)13(25)6-5-12-21-22-17(28-12)11-7-9-29-10-11/h7,9-10H,3-6,8,19H2,1-2H3,(H,20,26,27). The van der Waals surface area contributed by atoms with E-state index in [1.807, 2.05) is 23.8 Å². The molecule has 10 nitrogen and oxygen atoms in total. The number of aromatic amines is 1. The van der Waals surface area contributed by atoms with E-state index < -0.39 is 11.2 Å². The number of hydrogen-bond donors (Lipinski definition) is 2. The van der Waals surface area contributed by atoms with Crippen molar-refractivity contribution in [2.24, 2.45) is 0 Å². The Morgan fingerprint density at radius 2 is 2.17 bits per heavy atom. The van der Waals surface area contributed by atoms with Gasteiger partial charge in [-0.05, 0) is 17.9 Å². The summed E-state index contributed by atoms with van der Waals surface area (Å²) in [5.74, 6) is 0.326. The van der Waals surface area contributed by atoms with Crippen molar-refractivity contribution in [1.82, 2.24) is 19.7 Å². The highest BCUT2D eigenvalue weighted by molar-refractivity contribution is 7.08. The molecule has 0 unspecified atom stereocenters. The summed E-state index contributed by atoms with van der Waals surface area (Å²) < 4.78 is 6.84. The molecule has 11 heteroatoms. The van der Waals surface area contributed by atoms with Crippen molar-refractivity contribution in [3.63, 3.8) is 0 Å². The second kappa shape index (κ2) is 8.86. The first-order valence-electron chi connectivity index (χ1n) is 9.16. The van der Waals surface area contributed by atoms with Crippen LogP contribution in [-0.2, 0) is 17.8 Å². The van der Waals surface area contributed by atoms with Crippen molar-refractivity contribution in [3.8, 4) is 11.5 Å². The molecule has 3 heterocycles. The van der Waals surface area contributed by atoms with Gasteiger partial charge in [0.2, 0.25) is 17.7 Å². The molecule has 29 heavy (non-hydrogen) atoms. The number of unbranched alkanes of at least 4 members (excludes halogenated alkanes) is 1. The molecule has 0 saturated heterocycles. The summed E-state index contributed by atoms with van der Waals surface area (Å²) >= 11 is 1.52. The van der Waals surface area contributed by atoms with Crippen molar-refractivity contribution in [2.75, 3.05) is 17.7 Å². The normalized spacial score (nSPS) is 11.0. The molecule has 3 aromatic rings. The highest BCUT2D eigenvalue weighted by atomic mass is 32.1. The van der Waals surface area contributed by atoms with E-state index in [9.17, 15) is 14.4 Å². The molecule has 3 rings (SSSR count).